The molecule has 0 aliphatic carbocycles. The van der Waals surface area contributed by atoms with Crippen LogP contribution in [0.15, 0.2) is 30.3 Å². The van der Waals surface area contributed by atoms with Crippen molar-refractivity contribution in [1.29, 1.82) is 0 Å². The molecule has 1 N–H and O–H groups in total. The van der Waals surface area contributed by atoms with Gasteiger partial charge in [-0.25, -0.2) is 4.79 Å². The third-order valence-corrected chi connectivity index (χ3v) is 11.7. The van der Waals surface area contributed by atoms with Gasteiger partial charge >= 0.3 is 25.6 Å². The summed E-state index contributed by atoms with van der Waals surface area (Å²) >= 11 is 0. The zero-order valence-corrected chi connectivity index (χ0v) is 37.3. The van der Waals surface area contributed by atoms with Crippen LogP contribution < -0.4 is 0 Å². The Balaban J connectivity index is 2.43. The highest BCUT2D eigenvalue weighted by Gasteiger charge is 2.26. The van der Waals surface area contributed by atoms with Crippen LogP contribution in [0.4, 0.5) is 4.79 Å². The van der Waals surface area contributed by atoms with E-state index in [4.69, 9.17) is 18.7 Å². The number of carbonyl (C=O) groups excluding carboxylic acids is 3. The molecule has 10 nitrogen and oxygen atoms in total. The van der Waals surface area contributed by atoms with Gasteiger partial charge in [-0.1, -0.05) is 198 Å². The summed E-state index contributed by atoms with van der Waals surface area (Å²) in [5, 5.41) is 0. The molecule has 2 atom stereocenters. The quantitative estimate of drug-likeness (QED) is 0.0298. The zero-order valence-electron chi connectivity index (χ0n) is 36.4. The predicted molar refractivity (Wildman–Crippen MR) is 231 cm³/mol. The van der Waals surface area contributed by atoms with Crippen LogP contribution in [0.1, 0.15) is 199 Å². The molecular formula is C46H82NO9P. The van der Waals surface area contributed by atoms with Gasteiger partial charge in [0.15, 0.2) is 6.10 Å². The first kappa shape index (κ1) is 52.6. The Hall–Kier alpha value is -2.42. The lowest BCUT2D eigenvalue weighted by Crippen LogP contribution is -2.31. The van der Waals surface area contributed by atoms with Gasteiger partial charge in [0.2, 0.25) is 0 Å². The molecule has 0 aliphatic heterocycles. The van der Waals surface area contributed by atoms with Crippen LogP contribution in [0.5, 0.6) is 0 Å². The van der Waals surface area contributed by atoms with E-state index in [0.717, 1.165) is 44.1 Å². The molecule has 0 heterocycles. The lowest BCUT2D eigenvalue weighted by atomic mass is 10.0. The number of hydrogen-bond acceptors (Lipinski definition) is 8. The summed E-state index contributed by atoms with van der Waals surface area (Å²) in [6.45, 7) is 3.82. The van der Waals surface area contributed by atoms with Crippen LogP contribution in [0.25, 0.3) is 0 Å². The third-order valence-electron chi connectivity index (χ3n) is 10.4. The first-order valence-electron chi connectivity index (χ1n) is 22.9. The van der Waals surface area contributed by atoms with Crippen molar-refractivity contribution in [3.63, 3.8) is 0 Å². The van der Waals surface area contributed by atoms with Crippen LogP contribution in [0.2, 0.25) is 0 Å². The Labute approximate surface area is 347 Å². The van der Waals surface area contributed by atoms with Crippen molar-refractivity contribution in [2.75, 3.05) is 33.0 Å². The number of amides is 1. The van der Waals surface area contributed by atoms with E-state index >= 15 is 0 Å². The highest BCUT2D eigenvalue weighted by molar-refractivity contribution is 7.52. The summed E-state index contributed by atoms with van der Waals surface area (Å²) in [6.07, 6.45) is 29.9. The molecule has 0 aliphatic rings. The van der Waals surface area contributed by atoms with E-state index in [1.54, 1.807) is 0 Å². The summed E-state index contributed by atoms with van der Waals surface area (Å²) in [4.78, 5) is 49.5. The fourth-order valence-electron chi connectivity index (χ4n) is 6.65. The van der Waals surface area contributed by atoms with E-state index in [0.29, 0.717) is 6.42 Å². The molecule has 1 aromatic carbocycles. The first-order chi connectivity index (χ1) is 27.7. The van der Waals surface area contributed by atoms with Crippen molar-refractivity contribution in [3.05, 3.63) is 35.9 Å². The number of benzene rings is 1. The molecule has 0 bridgehead atoms. The summed E-state index contributed by atoms with van der Waals surface area (Å²) < 4.78 is 34.6. The van der Waals surface area contributed by atoms with Crippen molar-refractivity contribution >= 4 is 25.6 Å². The van der Waals surface area contributed by atoms with Gasteiger partial charge in [0.05, 0.1) is 12.8 Å². The molecule has 11 heteroatoms. The molecule has 0 aromatic heterocycles. The van der Waals surface area contributed by atoms with E-state index in [-0.39, 0.29) is 38.8 Å². The fourth-order valence-corrected chi connectivity index (χ4v) is 7.74. The maximum absolute atomic E-state index is 12.9. The molecule has 0 saturated heterocycles. The first-order valence-corrected chi connectivity index (χ1v) is 24.7. The molecule has 0 spiro atoms. The van der Waals surface area contributed by atoms with Crippen molar-refractivity contribution in [3.8, 4) is 0 Å². The number of ether oxygens (including phenoxy) is 3. The van der Waals surface area contributed by atoms with E-state index in [9.17, 15) is 23.8 Å². The van der Waals surface area contributed by atoms with Crippen LogP contribution in [0.3, 0.4) is 0 Å². The second kappa shape index (κ2) is 36.6. The SMILES string of the molecule is CCCCCCCCCCCCCCCC(=O)OC[C@@H](COP(=O)(O)CCN(C)C(=O)OCc1ccccc1)OC(=O)CCCCCCCCCCCCCCC. The van der Waals surface area contributed by atoms with E-state index in [2.05, 4.69) is 13.8 Å². The highest BCUT2D eigenvalue weighted by atomic mass is 31.2. The minimum absolute atomic E-state index is 0.0843. The summed E-state index contributed by atoms with van der Waals surface area (Å²) in [7, 11) is -2.71. The number of unbranched alkanes of at least 4 members (excludes halogenated alkanes) is 24. The minimum atomic E-state index is -4.18. The number of nitrogens with zero attached hydrogens (tertiary/aromatic N) is 1. The summed E-state index contributed by atoms with van der Waals surface area (Å²) in [5.74, 6) is -0.841. The summed E-state index contributed by atoms with van der Waals surface area (Å²) in [5.41, 5.74) is 0.829. The fraction of sp³-hybridized carbons (Fsp3) is 0.804. The standard InChI is InChI=1S/C46H82NO9P/c1-4-6-8-10-12-14-16-18-20-22-24-26-31-35-44(48)53-40-43(56-45(49)36-32-27-25-23-21-19-17-15-13-11-9-7-5-2)41-55-57(51,52)38-37-47(3)46(50)54-39-42-33-29-28-30-34-42/h28-30,33-34,43H,4-27,31-32,35-41H2,1-3H3,(H,51,52)/t43-/m0/s1. The van der Waals surface area contributed by atoms with Crippen molar-refractivity contribution in [1.82, 2.24) is 4.90 Å². The Morgan fingerprint density at radius 1 is 0.596 bits per heavy atom. The Morgan fingerprint density at radius 3 is 1.47 bits per heavy atom. The molecular weight excluding hydrogens is 741 g/mol. The monoisotopic (exact) mass is 824 g/mol. The molecule has 0 saturated carbocycles. The smallest absolute Gasteiger partial charge is 0.409 e. The number of carbonyl (C=O) groups is 3. The van der Waals surface area contributed by atoms with Crippen molar-refractivity contribution in [2.45, 2.75) is 206 Å². The molecule has 330 valence electrons. The zero-order chi connectivity index (χ0) is 41.7. The van der Waals surface area contributed by atoms with E-state index in [1.807, 2.05) is 30.3 Å². The number of hydrogen-bond donors (Lipinski definition) is 1. The van der Waals surface area contributed by atoms with Gasteiger partial charge in [0.25, 0.3) is 0 Å². The van der Waals surface area contributed by atoms with Gasteiger partial charge in [-0.15, -0.1) is 0 Å². The Kier molecular flexibility index (Phi) is 33.8. The number of esters is 2. The summed E-state index contributed by atoms with van der Waals surface area (Å²) in [6, 6.07) is 9.23. The Morgan fingerprint density at radius 2 is 1.02 bits per heavy atom. The third kappa shape index (κ3) is 33.1. The van der Waals surface area contributed by atoms with E-state index < -0.39 is 38.3 Å². The molecule has 1 aromatic rings. The molecule has 1 amide bonds. The van der Waals surface area contributed by atoms with Gasteiger partial charge < -0.3 is 28.5 Å². The van der Waals surface area contributed by atoms with Gasteiger partial charge in [0.1, 0.15) is 13.2 Å². The largest absolute Gasteiger partial charge is 0.462 e. The van der Waals surface area contributed by atoms with Crippen molar-refractivity contribution in [2.24, 2.45) is 0 Å². The average Bonchev–Trinajstić information content (AvgIpc) is 3.21. The predicted octanol–water partition coefficient (Wildman–Crippen LogP) is 12.9. The minimum Gasteiger partial charge on any atom is -0.462 e. The lowest BCUT2D eigenvalue weighted by molar-refractivity contribution is -0.161. The second-order valence-corrected chi connectivity index (χ2v) is 17.9. The topological polar surface area (TPSA) is 129 Å². The molecule has 1 unspecified atom stereocenters. The Bertz CT molecular complexity index is 1170. The van der Waals surface area contributed by atoms with Crippen LogP contribution in [0, 0.1) is 0 Å². The highest BCUT2D eigenvalue weighted by Crippen LogP contribution is 2.41. The molecule has 1 rings (SSSR count). The lowest BCUT2D eigenvalue weighted by Gasteiger charge is -2.22. The number of rotatable bonds is 39. The van der Waals surface area contributed by atoms with Gasteiger partial charge in [-0.3, -0.25) is 14.2 Å². The van der Waals surface area contributed by atoms with Gasteiger partial charge in [-0.05, 0) is 18.4 Å². The van der Waals surface area contributed by atoms with Crippen LogP contribution in [-0.4, -0.2) is 66.9 Å². The van der Waals surface area contributed by atoms with Gasteiger partial charge in [-0.2, -0.15) is 0 Å². The average molecular weight is 824 g/mol. The molecule has 0 fully saturated rings. The molecule has 0 radical (unpaired) electrons. The van der Waals surface area contributed by atoms with Gasteiger partial charge in [0, 0.05) is 26.4 Å². The van der Waals surface area contributed by atoms with Crippen LogP contribution in [-0.2, 0) is 39.5 Å². The maximum Gasteiger partial charge on any atom is 0.409 e. The second-order valence-electron chi connectivity index (χ2n) is 15.9. The maximum atomic E-state index is 12.9. The van der Waals surface area contributed by atoms with E-state index in [1.165, 1.54) is 134 Å². The van der Waals surface area contributed by atoms with Crippen LogP contribution >= 0.6 is 7.60 Å². The normalized spacial score (nSPS) is 12.8. The van der Waals surface area contributed by atoms with Crippen molar-refractivity contribution < 1.29 is 42.6 Å². The molecule has 57 heavy (non-hydrogen) atoms.